The number of aromatic nitrogens is 2. The SMILES string of the molecule is CCCn1ncc(NCC(C)(O)CCOC)c(Br)c1=O. The molecule has 0 fully saturated rings. The van der Waals surface area contributed by atoms with E-state index in [-0.39, 0.29) is 5.56 Å². The first-order valence-electron chi connectivity index (χ1n) is 6.62. The maximum absolute atomic E-state index is 12.0. The van der Waals surface area contributed by atoms with Gasteiger partial charge in [0.15, 0.2) is 0 Å². The van der Waals surface area contributed by atoms with Crippen LogP contribution >= 0.6 is 15.9 Å². The van der Waals surface area contributed by atoms with Gasteiger partial charge in [-0.15, -0.1) is 0 Å². The van der Waals surface area contributed by atoms with Crippen LogP contribution in [0.15, 0.2) is 15.5 Å². The number of methoxy groups -OCH3 is 1. The number of halogens is 1. The molecule has 7 heteroatoms. The van der Waals surface area contributed by atoms with Crippen molar-refractivity contribution in [1.82, 2.24) is 9.78 Å². The normalized spacial score (nSPS) is 14.1. The molecule has 0 amide bonds. The van der Waals surface area contributed by atoms with Crippen LogP contribution in [0.5, 0.6) is 0 Å². The molecule has 1 heterocycles. The van der Waals surface area contributed by atoms with Crippen molar-refractivity contribution in [3.8, 4) is 0 Å². The predicted octanol–water partition coefficient (Wildman–Crippen LogP) is 1.62. The van der Waals surface area contributed by atoms with Crippen molar-refractivity contribution in [2.75, 3.05) is 25.6 Å². The second kappa shape index (κ2) is 7.75. The number of aryl methyl sites for hydroxylation is 1. The van der Waals surface area contributed by atoms with Gasteiger partial charge in [-0.2, -0.15) is 5.10 Å². The first-order chi connectivity index (χ1) is 9.41. The van der Waals surface area contributed by atoms with Gasteiger partial charge in [-0.3, -0.25) is 4.79 Å². The summed E-state index contributed by atoms with van der Waals surface area (Å²) in [5, 5.41) is 17.3. The lowest BCUT2D eigenvalue weighted by atomic mass is 10.0. The van der Waals surface area contributed by atoms with Gasteiger partial charge in [-0.05, 0) is 29.3 Å². The highest BCUT2D eigenvalue weighted by Crippen LogP contribution is 2.18. The van der Waals surface area contributed by atoms with Gasteiger partial charge in [0, 0.05) is 33.2 Å². The third kappa shape index (κ3) is 4.88. The number of hydrogen-bond acceptors (Lipinski definition) is 5. The molecule has 0 spiro atoms. The maximum Gasteiger partial charge on any atom is 0.283 e. The van der Waals surface area contributed by atoms with Gasteiger partial charge in [0.2, 0.25) is 0 Å². The standard InChI is InChI=1S/C13H22BrN3O3/c1-4-6-17-12(18)11(14)10(8-16-17)15-9-13(2,19)5-7-20-3/h8,15,19H,4-7,9H2,1-3H3. The third-order valence-corrected chi connectivity index (χ3v) is 3.69. The van der Waals surface area contributed by atoms with E-state index in [1.54, 1.807) is 20.2 Å². The fourth-order valence-electron chi connectivity index (χ4n) is 1.66. The third-order valence-electron chi connectivity index (χ3n) is 2.92. The molecule has 20 heavy (non-hydrogen) atoms. The van der Waals surface area contributed by atoms with Gasteiger partial charge in [0.1, 0.15) is 4.47 Å². The van der Waals surface area contributed by atoms with E-state index >= 15 is 0 Å². The molecule has 0 aromatic carbocycles. The average Bonchev–Trinajstić information content (AvgIpc) is 2.41. The average molecular weight is 348 g/mol. The fraction of sp³-hybridized carbons (Fsp3) is 0.692. The second-order valence-electron chi connectivity index (χ2n) is 4.99. The predicted molar refractivity (Wildman–Crippen MR) is 82.1 cm³/mol. The van der Waals surface area contributed by atoms with Crippen LogP contribution in [-0.4, -0.2) is 40.7 Å². The molecule has 1 unspecified atom stereocenters. The summed E-state index contributed by atoms with van der Waals surface area (Å²) in [6, 6.07) is 0. The van der Waals surface area contributed by atoms with Gasteiger partial charge < -0.3 is 15.2 Å². The van der Waals surface area contributed by atoms with Gasteiger partial charge in [0.25, 0.3) is 5.56 Å². The summed E-state index contributed by atoms with van der Waals surface area (Å²) in [6.07, 6.45) is 2.94. The summed E-state index contributed by atoms with van der Waals surface area (Å²) in [7, 11) is 1.59. The first-order valence-corrected chi connectivity index (χ1v) is 7.41. The van der Waals surface area contributed by atoms with Crippen LogP contribution in [0.4, 0.5) is 5.69 Å². The van der Waals surface area contributed by atoms with E-state index in [0.29, 0.717) is 36.3 Å². The summed E-state index contributed by atoms with van der Waals surface area (Å²) in [5.74, 6) is 0. The molecule has 0 saturated heterocycles. The Hall–Kier alpha value is -0.920. The number of ether oxygens (including phenoxy) is 1. The van der Waals surface area contributed by atoms with Crippen LogP contribution in [0.3, 0.4) is 0 Å². The summed E-state index contributed by atoms with van der Waals surface area (Å²) >= 11 is 3.28. The molecule has 0 aliphatic carbocycles. The van der Waals surface area contributed by atoms with E-state index in [0.717, 1.165) is 6.42 Å². The first kappa shape index (κ1) is 17.1. The summed E-state index contributed by atoms with van der Waals surface area (Å²) in [5.41, 5.74) is -0.498. The van der Waals surface area contributed by atoms with E-state index in [2.05, 4.69) is 26.3 Å². The van der Waals surface area contributed by atoms with Gasteiger partial charge in [0.05, 0.1) is 17.5 Å². The van der Waals surface area contributed by atoms with Gasteiger partial charge >= 0.3 is 0 Å². The molecule has 2 N–H and O–H groups in total. The largest absolute Gasteiger partial charge is 0.388 e. The second-order valence-corrected chi connectivity index (χ2v) is 5.79. The smallest absolute Gasteiger partial charge is 0.283 e. The van der Waals surface area contributed by atoms with E-state index in [1.165, 1.54) is 4.68 Å². The highest BCUT2D eigenvalue weighted by Gasteiger charge is 2.20. The lowest BCUT2D eigenvalue weighted by Gasteiger charge is -2.24. The Bertz CT molecular complexity index is 488. The Morgan fingerprint density at radius 3 is 2.90 bits per heavy atom. The number of nitrogens with zero attached hydrogens (tertiary/aromatic N) is 2. The zero-order valence-corrected chi connectivity index (χ0v) is 13.7. The van der Waals surface area contributed by atoms with Crippen molar-refractivity contribution in [1.29, 1.82) is 0 Å². The quantitative estimate of drug-likeness (QED) is 0.747. The van der Waals surface area contributed by atoms with Crippen molar-refractivity contribution in [2.45, 2.75) is 38.8 Å². The number of rotatable bonds is 8. The lowest BCUT2D eigenvalue weighted by Crippen LogP contribution is -2.35. The minimum Gasteiger partial charge on any atom is -0.388 e. The van der Waals surface area contributed by atoms with Crippen LogP contribution < -0.4 is 10.9 Å². The van der Waals surface area contributed by atoms with Crippen LogP contribution in [0.1, 0.15) is 26.7 Å². The van der Waals surface area contributed by atoms with E-state index < -0.39 is 5.60 Å². The van der Waals surface area contributed by atoms with E-state index in [4.69, 9.17) is 4.74 Å². The molecule has 0 aliphatic heterocycles. The molecule has 114 valence electrons. The fourth-order valence-corrected chi connectivity index (χ4v) is 2.10. The molecule has 1 atom stereocenters. The minimum atomic E-state index is -0.909. The Morgan fingerprint density at radius 2 is 2.30 bits per heavy atom. The van der Waals surface area contributed by atoms with Crippen molar-refractivity contribution in [2.24, 2.45) is 0 Å². The summed E-state index contributed by atoms with van der Waals surface area (Å²) in [6.45, 7) is 5.09. The number of hydrogen-bond donors (Lipinski definition) is 2. The number of anilines is 1. The van der Waals surface area contributed by atoms with Crippen molar-refractivity contribution in [3.63, 3.8) is 0 Å². The Kier molecular flexibility index (Phi) is 6.64. The molecule has 1 aromatic heterocycles. The molecule has 0 saturated carbocycles. The topological polar surface area (TPSA) is 76.4 Å². The lowest BCUT2D eigenvalue weighted by molar-refractivity contribution is 0.0357. The molecular formula is C13H22BrN3O3. The van der Waals surface area contributed by atoms with Crippen molar-refractivity contribution in [3.05, 3.63) is 21.0 Å². The molecule has 0 radical (unpaired) electrons. The molecule has 0 aliphatic rings. The van der Waals surface area contributed by atoms with Crippen molar-refractivity contribution >= 4 is 21.6 Å². The number of aliphatic hydroxyl groups is 1. The molecule has 6 nitrogen and oxygen atoms in total. The molecular weight excluding hydrogens is 326 g/mol. The van der Waals surface area contributed by atoms with Gasteiger partial charge in [-0.25, -0.2) is 4.68 Å². The Morgan fingerprint density at radius 1 is 1.60 bits per heavy atom. The van der Waals surface area contributed by atoms with Crippen LogP contribution in [0.2, 0.25) is 0 Å². The minimum absolute atomic E-state index is 0.173. The van der Waals surface area contributed by atoms with Crippen molar-refractivity contribution < 1.29 is 9.84 Å². The Labute approximate surface area is 127 Å². The van der Waals surface area contributed by atoms with Crippen LogP contribution in [-0.2, 0) is 11.3 Å². The highest BCUT2D eigenvalue weighted by atomic mass is 79.9. The zero-order chi connectivity index (χ0) is 15.2. The monoisotopic (exact) mass is 347 g/mol. The van der Waals surface area contributed by atoms with Gasteiger partial charge in [-0.1, -0.05) is 6.92 Å². The number of nitrogens with one attached hydrogen (secondary N) is 1. The zero-order valence-electron chi connectivity index (χ0n) is 12.1. The van der Waals surface area contributed by atoms with E-state index in [1.807, 2.05) is 6.92 Å². The summed E-state index contributed by atoms with van der Waals surface area (Å²) in [4.78, 5) is 12.0. The highest BCUT2D eigenvalue weighted by molar-refractivity contribution is 9.10. The van der Waals surface area contributed by atoms with Crippen LogP contribution in [0, 0.1) is 0 Å². The molecule has 0 bridgehead atoms. The Balaban J connectivity index is 2.74. The van der Waals surface area contributed by atoms with Crippen LogP contribution in [0.25, 0.3) is 0 Å². The maximum atomic E-state index is 12.0. The van der Waals surface area contributed by atoms with E-state index in [9.17, 15) is 9.90 Å². The summed E-state index contributed by atoms with van der Waals surface area (Å²) < 4.78 is 6.80. The molecule has 1 rings (SSSR count). The molecule has 1 aromatic rings.